The average Bonchev–Trinajstić information content (AvgIpc) is 2.53. The van der Waals surface area contributed by atoms with Gasteiger partial charge in [-0.3, -0.25) is 4.79 Å². The number of carbonyl (C=O) groups is 1. The van der Waals surface area contributed by atoms with Gasteiger partial charge in [-0.25, -0.2) is 0 Å². The molecule has 1 N–H and O–H groups in total. The van der Waals surface area contributed by atoms with Gasteiger partial charge in [0.1, 0.15) is 5.75 Å². The van der Waals surface area contributed by atoms with E-state index < -0.39 is 41.7 Å². The van der Waals surface area contributed by atoms with Crippen LogP contribution >= 0.6 is 0 Å². The highest BCUT2D eigenvalue weighted by Crippen LogP contribution is 2.38. The summed E-state index contributed by atoms with van der Waals surface area (Å²) in [7, 11) is 0. The lowest BCUT2D eigenvalue weighted by Crippen LogP contribution is -2.43. The monoisotopic (exact) mass is 383 g/mol. The molecule has 3 nitrogen and oxygen atoms in total. The Morgan fingerprint density at radius 2 is 1.58 bits per heavy atom. The van der Waals surface area contributed by atoms with Crippen LogP contribution in [0.5, 0.6) is 5.75 Å². The Kier molecular flexibility index (Phi) is 6.08. The summed E-state index contributed by atoms with van der Waals surface area (Å²) in [5, 5.41) is 2.72. The van der Waals surface area contributed by atoms with Crippen molar-refractivity contribution in [2.75, 3.05) is 6.61 Å². The Balaban J connectivity index is 2.07. The molecule has 1 aliphatic rings. The van der Waals surface area contributed by atoms with Gasteiger partial charge in [-0.05, 0) is 37.0 Å². The summed E-state index contributed by atoms with van der Waals surface area (Å²) in [5.41, 5.74) is -2.97. The SMILES string of the molecule is C[C@@H]1CCCC[C@H]1NC(=O)COc1cc(C(F)(F)F)cc(C(F)(F)F)c1. The van der Waals surface area contributed by atoms with Crippen LogP contribution in [-0.2, 0) is 17.1 Å². The molecule has 1 amide bonds. The van der Waals surface area contributed by atoms with Crippen LogP contribution in [0.25, 0.3) is 0 Å². The maximum atomic E-state index is 12.8. The number of nitrogens with one attached hydrogen (secondary N) is 1. The van der Waals surface area contributed by atoms with Crippen LogP contribution in [0.15, 0.2) is 18.2 Å². The van der Waals surface area contributed by atoms with Crippen molar-refractivity contribution in [3.8, 4) is 5.75 Å². The minimum Gasteiger partial charge on any atom is -0.484 e. The Morgan fingerprint density at radius 3 is 2.08 bits per heavy atom. The molecular formula is C17H19F6NO2. The fraction of sp³-hybridized carbons (Fsp3) is 0.588. The van der Waals surface area contributed by atoms with Gasteiger partial charge < -0.3 is 10.1 Å². The predicted molar refractivity (Wildman–Crippen MR) is 81.5 cm³/mol. The van der Waals surface area contributed by atoms with E-state index in [0.29, 0.717) is 12.1 Å². The smallest absolute Gasteiger partial charge is 0.416 e. The van der Waals surface area contributed by atoms with Gasteiger partial charge in [0.15, 0.2) is 6.61 Å². The Bertz CT molecular complexity index is 609. The third kappa shape index (κ3) is 5.54. The van der Waals surface area contributed by atoms with Gasteiger partial charge in [0.05, 0.1) is 11.1 Å². The van der Waals surface area contributed by atoms with Crippen LogP contribution in [0.2, 0.25) is 0 Å². The summed E-state index contributed by atoms with van der Waals surface area (Å²) in [6.45, 7) is 1.33. The summed E-state index contributed by atoms with van der Waals surface area (Å²) in [6, 6.07) is 0.848. The van der Waals surface area contributed by atoms with Crippen LogP contribution in [0.3, 0.4) is 0 Å². The van der Waals surface area contributed by atoms with Crippen LogP contribution in [0.4, 0.5) is 26.3 Å². The Morgan fingerprint density at radius 1 is 1.04 bits per heavy atom. The van der Waals surface area contributed by atoms with E-state index in [1.807, 2.05) is 6.92 Å². The van der Waals surface area contributed by atoms with Gasteiger partial charge in [0, 0.05) is 6.04 Å². The molecule has 9 heteroatoms. The van der Waals surface area contributed by atoms with Crippen molar-refractivity contribution in [2.24, 2.45) is 5.92 Å². The van der Waals surface area contributed by atoms with Gasteiger partial charge in [0.2, 0.25) is 0 Å². The van der Waals surface area contributed by atoms with E-state index >= 15 is 0 Å². The van der Waals surface area contributed by atoms with Gasteiger partial charge in [0.25, 0.3) is 5.91 Å². The number of halogens is 6. The first-order valence-corrected chi connectivity index (χ1v) is 8.18. The van der Waals surface area contributed by atoms with Crippen LogP contribution in [0.1, 0.15) is 43.7 Å². The van der Waals surface area contributed by atoms with Crippen molar-refractivity contribution in [2.45, 2.75) is 51.0 Å². The number of alkyl halides is 6. The molecule has 1 fully saturated rings. The third-order valence-corrected chi connectivity index (χ3v) is 4.39. The molecule has 1 saturated carbocycles. The molecule has 146 valence electrons. The summed E-state index contributed by atoms with van der Waals surface area (Å²) in [5.74, 6) is -0.966. The zero-order chi connectivity index (χ0) is 19.5. The topological polar surface area (TPSA) is 38.3 Å². The lowest BCUT2D eigenvalue weighted by molar-refractivity contribution is -0.143. The zero-order valence-corrected chi connectivity index (χ0v) is 14.0. The van der Waals surface area contributed by atoms with E-state index in [2.05, 4.69) is 5.32 Å². The molecule has 0 aliphatic heterocycles. The lowest BCUT2D eigenvalue weighted by Gasteiger charge is -2.29. The second kappa shape index (κ2) is 7.75. The maximum absolute atomic E-state index is 12.8. The van der Waals surface area contributed by atoms with E-state index in [0.717, 1.165) is 25.7 Å². The van der Waals surface area contributed by atoms with Crippen molar-refractivity contribution < 1.29 is 35.9 Å². The maximum Gasteiger partial charge on any atom is 0.416 e. The first-order chi connectivity index (χ1) is 12.0. The highest BCUT2D eigenvalue weighted by atomic mass is 19.4. The predicted octanol–water partition coefficient (Wildman–Crippen LogP) is 4.80. The standard InChI is InChI=1S/C17H19F6NO2/c1-10-4-2-3-5-14(10)24-15(25)9-26-13-7-11(16(18,19)20)6-12(8-13)17(21,22)23/h6-8,10,14H,2-5,9H2,1H3,(H,24,25)/t10-,14-/m1/s1. The van der Waals surface area contributed by atoms with Crippen molar-refractivity contribution in [1.29, 1.82) is 0 Å². The molecule has 2 atom stereocenters. The highest BCUT2D eigenvalue weighted by molar-refractivity contribution is 5.77. The largest absolute Gasteiger partial charge is 0.484 e. The number of amides is 1. The van der Waals surface area contributed by atoms with Crippen molar-refractivity contribution in [1.82, 2.24) is 5.32 Å². The van der Waals surface area contributed by atoms with Crippen LogP contribution in [0, 0.1) is 5.92 Å². The van der Waals surface area contributed by atoms with E-state index in [4.69, 9.17) is 4.74 Å². The molecule has 26 heavy (non-hydrogen) atoms. The number of carbonyl (C=O) groups excluding carboxylic acids is 1. The van der Waals surface area contributed by atoms with Gasteiger partial charge in [-0.1, -0.05) is 19.8 Å². The molecular weight excluding hydrogens is 364 g/mol. The molecule has 0 radical (unpaired) electrons. The minimum atomic E-state index is -4.96. The van der Waals surface area contributed by atoms with E-state index in [1.54, 1.807) is 0 Å². The van der Waals surface area contributed by atoms with Crippen molar-refractivity contribution >= 4 is 5.91 Å². The molecule has 1 aromatic rings. The van der Waals surface area contributed by atoms with Crippen LogP contribution < -0.4 is 10.1 Å². The minimum absolute atomic E-state index is 0.0106. The molecule has 1 aromatic carbocycles. The number of rotatable bonds is 4. The number of ether oxygens (including phenoxy) is 1. The summed E-state index contributed by atoms with van der Waals surface area (Å²) in [6.07, 6.45) is -6.16. The average molecular weight is 383 g/mol. The third-order valence-electron chi connectivity index (χ3n) is 4.39. The second-order valence-corrected chi connectivity index (χ2v) is 6.47. The molecule has 0 unspecified atom stereocenters. The number of hydrogen-bond donors (Lipinski definition) is 1. The summed E-state index contributed by atoms with van der Waals surface area (Å²) in [4.78, 5) is 11.9. The quantitative estimate of drug-likeness (QED) is 0.759. The molecule has 0 spiro atoms. The number of hydrogen-bond acceptors (Lipinski definition) is 2. The Hall–Kier alpha value is -1.93. The highest BCUT2D eigenvalue weighted by Gasteiger charge is 2.37. The van der Waals surface area contributed by atoms with Gasteiger partial charge in [-0.15, -0.1) is 0 Å². The molecule has 0 heterocycles. The first-order valence-electron chi connectivity index (χ1n) is 8.18. The lowest BCUT2D eigenvalue weighted by atomic mass is 9.86. The molecule has 1 aliphatic carbocycles. The van der Waals surface area contributed by atoms with E-state index in [-0.39, 0.29) is 18.0 Å². The molecule has 0 bridgehead atoms. The Labute approximate surface area is 146 Å². The van der Waals surface area contributed by atoms with Crippen molar-refractivity contribution in [3.63, 3.8) is 0 Å². The fourth-order valence-electron chi connectivity index (χ4n) is 2.94. The fourth-order valence-corrected chi connectivity index (χ4v) is 2.94. The zero-order valence-electron chi connectivity index (χ0n) is 14.0. The van der Waals surface area contributed by atoms with E-state index in [1.165, 1.54) is 0 Å². The second-order valence-electron chi connectivity index (χ2n) is 6.47. The summed E-state index contributed by atoms with van der Waals surface area (Å²) < 4.78 is 81.6. The van der Waals surface area contributed by atoms with Crippen LogP contribution in [-0.4, -0.2) is 18.6 Å². The van der Waals surface area contributed by atoms with Gasteiger partial charge in [-0.2, -0.15) is 26.3 Å². The number of benzene rings is 1. The molecule has 2 rings (SSSR count). The first kappa shape index (κ1) is 20.4. The van der Waals surface area contributed by atoms with Gasteiger partial charge >= 0.3 is 12.4 Å². The summed E-state index contributed by atoms with van der Waals surface area (Å²) >= 11 is 0. The molecule has 0 saturated heterocycles. The molecule has 0 aromatic heterocycles. The van der Waals surface area contributed by atoms with Crippen molar-refractivity contribution in [3.05, 3.63) is 29.3 Å². The normalized spacial score (nSPS) is 21.3. The van der Waals surface area contributed by atoms with E-state index in [9.17, 15) is 31.1 Å².